The molecule has 6 nitrogen and oxygen atoms in total. The van der Waals surface area contributed by atoms with Crippen LogP contribution in [0.5, 0.6) is 0 Å². The zero-order chi connectivity index (χ0) is 20.2. The summed E-state index contributed by atoms with van der Waals surface area (Å²) >= 11 is 0. The molecule has 5 rings (SSSR count). The number of ether oxygens (including phenoxy) is 1. The summed E-state index contributed by atoms with van der Waals surface area (Å²) in [5, 5.41) is 5.96. The highest BCUT2D eigenvalue weighted by Crippen LogP contribution is 2.59. The number of aromatic nitrogens is 3. The first-order valence-corrected chi connectivity index (χ1v) is 10.4. The Bertz CT molecular complexity index is 888. The van der Waals surface area contributed by atoms with E-state index in [0.29, 0.717) is 5.92 Å². The normalized spacial score (nSPS) is 29.9. The molecule has 0 aromatic carbocycles. The topological polar surface area (TPSA) is 83.0 Å². The summed E-state index contributed by atoms with van der Waals surface area (Å²) < 4.78 is 7.98. The molecule has 1 unspecified atom stereocenters. The second-order valence-corrected chi connectivity index (χ2v) is 10.3. The number of carbonyl (C=O) groups is 1. The zero-order valence-electron chi connectivity index (χ0n) is 17.5. The van der Waals surface area contributed by atoms with E-state index in [-0.39, 0.29) is 16.4 Å². The number of hydrogen-bond acceptors (Lipinski definition) is 4. The van der Waals surface area contributed by atoms with Crippen molar-refractivity contribution in [1.82, 2.24) is 14.8 Å². The minimum atomic E-state index is -0.630. The average molecular weight is 385 g/mol. The van der Waals surface area contributed by atoms with E-state index in [1.54, 1.807) is 0 Å². The lowest BCUT2D eigenvalue weighted by Crippen LogP contribution is -2.57. The first kappa shape index (κ1) is 19.2. The molecule has 6 heteroatoms. The van der Waals surface area contributed by atoms with Gasteiger partial charge in [0.05, 0.1) is 11.2 Å². The standard InChI is InChI=1S/C22H32N4O2/c1-15-17-13-24-10-5-18(17)26(25-15)14-21-6-8-22(9-7-21,28-19(23)27)16(12-21)11-20(2,3)4/h5,10,13,16H,6-9,11-12,14H2,1-4H3,(H2,23,27). The van der Waals surface area contributed by atoms with Crippen LogP contribution in [0.2, 0.25) is 0 Å². The number of amides is 1. The molecule has 3 aliphatic carbocycles. The Labute approximate surface area is 166 Å². The third-order valence-corrected chi connectivity index (χ3v) is 6.96. The van der Waals surface area contributed by atoms with Gasteiger partial charge in [0.15, 0.2) is 0 Å². The van der Waals surface area contributed by atoms with Crippen LogP contribution < -0.4 is 5.73 Å². The predicted molar refractivity (Wildman–Crippen MR) is 109 cm³/mol. The number of primary amides is 1. The molecule has 0 saturated heterocycles. The quantitative estimate of drug-likeness (QED) is 0.835. The molecule has 28 heavy (non-hydrogen) atoms. The van der Waals surface area contributed by atoms with Crippen molar-refractivity contribution in [2.45, 2.75) is 78.4 Å². The van der Waals surface area contributed by atoms with Crippen LogP contribution in [0.25, 0.3) is 10.9 Å². The summed E-state index contributed by atoms with van der Waals surface area (Å²) in [6.45, 7) is 9.74. The smallest absolute Gasteiger partial charge is 0.405 e. The largest absolute Gasteiger partial charge is 0.443 e. The van der Waals surface area contributed by atoms with E-state index >= 15 is 0 Å². The average Bonchev–Trinajstić information content (AvgIpc) is 2.91. The summed E-state index contributed by atoms with van der Waals surface area (Å²) in [6, 6.07) is 2.06. The molecule has 3 saturated carbocycles. The summed E-state index contributed by atoms with van der Waals surface area (Å²) in [4.78, 5) is 15.9. The molecule has 2 heterocycles. The Morgan fingerprint density at radius 3 is 2.68 bits per heavy atom. The number of nitrogens with two attached hydrogens (primary N) is 1. The summed E-state index contributed by atoms with van der Waals surface area (Å²) in [7, 11) is 0. The van der Waals surface area contributed by atoms with Gasteiger partial charge in [0.1, 0.15) is 5.60 Å². The van der Waals surface area contributed by atoms with Crippen LogP contribution >= 0.6 is 0 Å². The third-order valence-electron chi connectivity index (χ3n) is 6.96. The molecule has 3 fully saturated rings. The number of hydrogen-bond donors (Lipinski definition) is 1. The highest BCUT2D eigenvalue weighted by atomic mass is 16.6. The first-order valence-electron chi connectivity index (χ1n) is 10.4. The van der Waals surface area contributed by atoms with Gasteiger partial charge in [-0.15, -0.1) is 0 Å². The maximum Gasteiger partial charge on any atom is 0.405 e. The molecule has 0 spiro atoms. The second-order valence-electron chi connectivity index (χ2n) is 10.3. The minimum absolute atomic E-state index is 0.179. The van der Waals surface area contributed by atoms with Gasteiger partial charge in [-0.1, -0.05) is 20.8 Å². The molecule has 0 radical (unpaired) electrons. The number of fused-ring (bicyclic) bond motifs is 4. The van der Waals surface area contributed by atoms with Crippen LogP contribution in [-0.2, 0) is 11.3 Å². The lowest BCUT2D eigenvalue weighted by molar-refractivity contribution is -0.151. The van der Waals surface area contributed by atoms with Crippen molar-refractivity contribution in [2.24, 2.45) is 22.5 Å². The van der Waals surface area contributed by atoms with Gasteiger partial charge in [0, 0.05) is 24.3 Å². The van der Waals surface area contributed by atoms with Gasteiger partial charge in [-0.2, -0.15) is 5.10 Å². The van der Waals surface area contributed by atoms with Crippen LogP contribution in [-0.4, -0.2) is 26.5 Å². The fourth-order valence-electron chi connectivity index (χ4n) is 5.75. The lowest BCUT2D eigenvalue weighted by atomic mass is 9.52. The Hall–Kier alpha value is -2.11. The zero-order valence-corrected chi connectivity index (χ0v) is 17.5. The second kappa shape index (κ2) is 6.46. The van der Waals surface area contributed by atoms with Crippen LogP contribution in [0.4, 0.5) is 4.79 Å². The van der Waals surface area contributed by atoms with Crippen molar-refractivity contribution in [1.29, 1.82) is 0 Å². The molecule has 3 aliphatic rings. The highest BCUT2D eigenvalue weighted by Gasteiger charge is 2.57. The van der Waals surface area contributed by atoms with E-state index in [4.69, 9.17) is 15.6 Å². The number of rotatable bonds is 4. The van der Waals surface area contributed by atoms with Gasteiger partial charge >= 0.3 is 6.09 Å². The monoisotopic (exact) mass is 384 g/mol. The van der Waals surface area contributed by atoms with Crippen LogP contribution in [0.15, 0.2) is 18.5 Å². The molecule has 2 bridgehead atoms. The van der Waals surface area contributed by atoms with Crippen molar-refractivity contribution in [3.05, 3.63) is 24.2 Å². The van der Waals surface area contributed by atoms with Crippen LogP contribution in [0.3, 0.4) is 0 Å². The molecule has 1 amide bonds. The van der Waals surface area contributed by atoms with Crippen molar-refractivity contribution in [2.75, 3.05) is 0 Å². The SMILES string of the molecule is Cc1nn(CC23CCC(OC(N)=O)(CC2)C(CC(C)(C)C)C3)c2ccncc12. The van der Waals surface area contributed by atoms with Gasteiger partial charge < -0.3 is 10.5 Å². The maximum absolute atomic E-state index is 11.7. The van der Waals surface area contributed by atoms with Gasteiger partial charge in [-0.25, -0.2) is 4.79 Å². The highest BCUT2D eigenvalue weighted by molar-refractivity contribution is 5.80. The molecular weight excluding hydrogens is 352 g/mol. The van der Waals surface area contributed by atoms with E-state index in [2.05, 4.69) is 36.5 Å². The van der Waals surface area contributed by atoms with Crippen molar-refractivity contribution in [3.63, 3.8) is 0 Å². The molecular formula is C22H32N4O2. The van der Waals surface area contributed by atoms with Gasteiger partial charge in [0.2, 0.25) is 0 Å². The van der Waals surface area contributed by atoms with Gasteiger partial charge in [0.25, 0.3) is 0 Å². The number of nitrogens with zero attached hydrogens (tertiary/aromatic N) is 3. The van der Waals surface area contributed by atoms with Crippen molar-refractivity contribution >= 4 is 17.0 Å². The number of pyridine rings is 1. The maximum atomic E-state index is 11.7. The van der Waals surface area contributed by atoms with E-state index in [1.165, 1.54) is 0 Å². The third kappa shape index (κ3) is 3.38. The van der Waals surface area contributed by atoms with E-state index in [1.807, 2.05) is 19.3 Å². The van der Waals surface area contributed by atoms with Gasteiger partial charge in [-0.05, 0) is 68.3 Å². The summed E-state index contributed by atoms with van der Waals surface area (Å²) in [5.74, 6) is 0.340. The lowest BCUT2D eigenvalue weighted by Gasteiger charge is -2.57. The van der Waals surface area contributed by atoms with Gasteiger partial charge in [-0.3, -0.25) is 9.67 Å². The van der Waals surface area contributed by atoms with Crippen molar-refractivity contribution < 1.29 is 9.53 Å². The number of aryl methyl sites for hydroxylation is 1. The Morgan fingerprint density at radius 1 is 1.32 bits per heavy atom. The first-order chi connectivity index (χ1) is 13.1. The fraction of sp³-hybridized carbons (Fsp3) is 0.682. The molecule has 1 atom stereocenters. The summed E-state index contributed by atoms with van der Waals surface area (Å²) in [5.41, 5.74) is 7.65. The van der Waals surface area contributed by atoms with Crippen LogP contribution in [0, 0.1) is 23.7 Å². The predicted octanol–water partition coefficient (Wildman–Crippen LogP) is 4.59. The van der Waals surface area contributed by atoms with E-state index in [9.17, 15) is 4.79 Å². The van der Waals surface area contributed by atoms with Crippen LogP contribution in [0.1, 0.15) is 65.0 Å². The molecule has 2 N–H and O–H groups in total. The fourth-order valence-corrected chi connectivity index (χ4v) is 5.75. The van der Waals surface area contributed by atoms with E-state index < -0.39 is 6.09 Å². The molecule has 2 aromatic heterocycles. The molecule has 152 valence electrons. The molecule has 2 aromatic rings. The Kier molecular flexibility index (Phi) is 4.43. The van der Waals surface area contributed by atoms with E-state index in [0.717, 1.165) is 61.7 Å². The summed E-state index contributed by atoms with van der Waals surface area (Å²) in [6.07, 6.45) is 9.10. The Balaban J connectivity index is 1.64. The Morgan fingerprint density at radius 2 is 2.04 bits per heavy atom. The van der Waals surface area contributed by atoms with Crippen molar-refractivity contribution in [3.8, 4) is 0 Å². The minimum Gasteiger partial charge on any atom is -0.443 e. The molecule has 0 aliphatic heterocycles. The number of carbonyl (C=O) groups excluding carboxylic acids is 1.